The average Bonchev–Trinajstić information content (AvgIpc) is 2.88. The summed E-state index contributed by atoms with van der Waals surface area (Å²) < 4.78 is 12.0. The molecule has 7 heteroatoms. The summed E-state index contributed by atoms with van der Waals surface area (Å²) in [5.74, 6) is -0.245. The van der Waals surface area contributed by atoms with E-state index in [1.54, 1.807) is 19.1 Å². The summed E-state index contributed by atoms with van der Waals surface area (Å²) in [4.78, 5) is 26.9. The lowest BCUT2D eigenvalue weighted by Gasteiger charge is -2.15. The van der Waals surface area contributed by atoms with Gasteiger partial charge in [-0.15, -0.1) is 0 Å². The molecular weight excluding hydrogens is 286 g/mol. The van der Waals surface area contributed by atoms with Gasteiger partial charge < -0.3 is 15.2 Å². The van der Waals surface area contributed by atoms with Crippen LogP contribution in [0.2, 0.25) is 0 Å². The molecule has 1 aliphatic heterocycles. The second-order valence-corrected chi connectivity index (χ2v) is 4.72. The summed E-state index contributed by atoms with van der Waals surface area (Å²) in [6.45, 7) is 4.03. The Hall–Kier alpha value is -2.41. The van der Waals surface area contributed by atoms with Crippen molar-refractivity contribution in [3.05, 3.63) is 46.5 Å². The molecule has 0 spiro atoms. The highest BCUT2D eigenvalue weighted by atomic mass is 16.5. The van der Waals surface area contributed by atoms with E-state index in [1.807, 2.05) is 6.92 Å². The zero-order valence-electron chi connectivity index (χ0n) is 12.6. The van der Waals surface area contributed by atoms with Gasteiger partial charge in [-0.2, -0.15) is 4.98 Å². The molecule has 0 radical (unpaired) electrons. The molecule has 2 atom stereocenters. The van der Waals surface area contributed by atoms with Crippen LogP contribution in [-0.4, -0.2) is 28.2 Å². The topological polar surface area (TPSA) is 96.4 Å². The van der Waals surface area contributed by atoms with Gasteiger partial charge in [0.2, 0.25) is 0 Å². The smallest absolute Gasteiger partial charge is 0.351 e. The normalized spacial score (nSPS) is 21.1. The Morgan fingerprint density at radius 1 is 1.55 bits per heavy atom. The van der Waals surface area contributed by atoms with E-state index >= 15 is 0 Å². The van der Waals surface area contributed by atoms with Gasteiger partial charge in [0.1, 0.15) is 5.82 Å². The standard InChI is InChI=1S/C15H19N3O4/c1-3-11-10(5-6-14(19)21-4-2)9-13(22-11)18-8-7-12(16)17-15(18)20/h5-9,11,13H,3-4H2,1-2H3,(H2,16,17,20)/b6-5+/t11-,13-/m1/s1. The first kappa shape index (κ1) is 16.0. The van der Waals surface area contributed by atoms with Crippen molar-refractivity contribution in [2.75, 3.05) is 12.3 Å². The highest BCUT2D eigenvalue weighted by molar-refractivity contribution is 5.82. The summed E-state index contributed by atoms with van der Waals surface area (Å²) in [5, 5.41) is 0. The van der Waals surface area contributed by atoms with Crippen molar-refractivity contribution in [1.82, 2.24) is 9.55 Å². The minimum Gasteiger partial charge on any atom is -0.463 e. The molecule has 0 fully saturated rings. The second kappa shape index (κ2) is 7.04. The van der Waals surface area contributed by atoms with E-state index in [1.165, 1.54) is 22.9 Å². The molecule has 7 nitrogen and oxygen atoms in total. The zero-order chi connectivity index (χ0) is 16.1. The van der Waals surface area contributed by atoms with Crippen LogP contribution in [-0.2, 0) is 14.3 Å². The molecule has 2 N–H and O–H groups in total. The Bertz CT molecular complexity index is 663. The average molecular weight is 305 g/mol. The van der Waals surface area contributed by atoms with Gasteiger partial charge in [-0.25, -0.2) is 9.59 Å². The van der Waals surface area contributed by atoms with Crippen molar-refractivity contribution < 1.29 is 14.3 Å². The number of rotatable bonds is 5. The third kappa shape index (κ3) is 3.62. The van der Waals surface area contributed by atoms with E-state index in [0.29, 0.717) is 13.0 Å². The molecule has 1 aromatic rings. The minimum absolute atomic E-state index is 0.165. The van der Waals surface area contributed by atoms with Crippen molar-refractivity contribution in [2.45, 2.75) is 32.6 Å². The van der Waals surface area contributed by atoms with Crippen LogP contribution < -0.4 is 11.4 Å². The van der Waals surface area contributed by atoms with Gasteiger partial charge in [0.25, 0.3) is 0 Å². The summed E-state index contributed by atoms with van der Waals surface area (Å²) >= 11 is 0. The molecule has 118 valence electrons. The van der Waals surface area contributed by atoms with Crippen molar-refractivity contribution in [1.29, 1.82) is 0 Å². The van der Waals surface area contributed by atoms with Gasteiger partial charge >= 0.3 is 11.7 Å². The first-order valence-corrected chi connectivity index (χ1v) is 7.11. The molecule has 22 heavy (non-hydrogen) atoms. The molecule has 0 saturated heterocycles. The first-order valence-electron chi connectivity index (χ1n) is 7.11. The minimum atomic E-state index is -0.563. The van der Waals surface area contributed by atoms with E-state index in [-0.39, 0.29) is 11.9 Å². The summed E-state index contributed by atoms with van der Waals surface area (Å²) in [5.41, 5.74) is 5.82. The Morgan fingerprint density at radius 2 is 2.32 bits per heavy atom. The van der Waals surface area contributed by atoms with Crippen LogP contribution in [0.3, 0.4) is 0 Å². The van der Waals surface area contributed by atoms with Gasteiger partial charge in [-0.05, 0) is 37.1 Å². The fraction of sp³-hybridized carbons (Fsp3) is 0.400. The van der Waals surface area contributed by atoms with Crippen molar-refractivity contribution in [2.24, 2.45) is 0 Å². The lowest BCUT2D eigenvalue weighted by atomic mass is 10.1. The predicted molar refractivity (Wildman–Crippen MR) is 81.0 cm³/mol. The van der Waals surface area contributed by atoms with Crippen molar-refractivity contribution in [3.8, 4) is 0 Å². The molecule has 2 rings (SSSR count). The van der Waals surface area contributed by atoms with Crippen LogP contribution >= 0.6 is 0 Å². The molecule has 0 amide bonds. The number of hydrogen-bond donors (Lipinski definition) is 1. The van der Waals surface area contributed by atoms with Crippen molar-refractivity contribution in [3.63, 3.8) is 0 Å². The Morgan fingerprint density at radius 3 is 2.95 bits per heavy atom. The zero-order valence-corrected chi connectivity index (χ0v) is 12.6. The number of carbonyl (C=O) groups is 1. The second-order valence-electron chi connectivity index (χ2n) is 4.72. The van der Waals surface area contributed by atoms with Crippen LogP contribution in [0.25, 0.3) is 0 Å². The third-order valence-corrected chi connectivity index (χ3v) is 3.21. The number of aromatic nitrogens is 2. The number of nitrogen functional groups attached to an aromatic ring is 1. The monoisotopic (exact) mass is 305 g/mol. The van der Waals surface area contributed by atoms with Gasteiger partial charge in [-0.3, -0.25) is 4.57 Å². The largest absolute Gasteiger partial charge is 0.463 e. The first-order chi connectivity index (χ1) is 10.5. The molecule has 1 aliphatic rings. The van der Waals surface area contributed by atoms with Crippen LogP contribution in [0.4, 0.5) is 5.82 Å². The van der Waals surface area contributed by atoms with Crippen LogP contribution in [0.5, 0.6) is 0 Å². The number of anilines is 1. The van der Waals surface area contributed by atoms with Gasteiger partial charge in [0, 0.05) is 12.3 Å². The maximum Gasteiger partial charge on any atom is 0.351 e. The Balaban J connectivity index is 2.22. The Labute approximate surface area is 128 Å². The molecule has 1 aromatic heterocycles. The highest BCUT2D eigenvalue weighted by Gasteiger charge is 2.26. The SMILES string of the molecule is CCOC(=O)/C=C/C1=C[C@H](n2ccc(N)nc2=O)O[C@@H]1CC. The summed E-state index contributed by atoms with van der Waals surface area (Å²) in [6, 6.07) is 1.53. The van der Waals surface area contributed by atoms with Crippen LogP contribution in [0.1, 0.15) is 26.5 Å². The quantitative estimate of drug-likeness (QED) is 0.648. The molecule has 0 unspecified atom stereocenters. The highest BCUT2D eigenvalue weighted by Crippen LogP contribution is 2.28. The van der Waals surface area contributed by atoms with Crippen molar-refractivity contribution >= 4 is 11.8 Å². The Kier molecular flexibility index (Phi) is 5.11. The summed E-state index contributed by atoms with van der Waals surface area (Å²) in [7, 11) is 0. The number of ether oxygens (including phenoxy) is 2. The van der Waals surface area contributed by atoms with Crippen LogP contribution in [0, 0.1) is 0 Å². The maximum atomic E-state index is 11.9. The van der Waals surface area contributed by atoms with E-state index in [2.05, 4.69) is 4.98 Å². The van der Waals surface area contributed by atoms with Gasteiger partial charge in [0.15, 0.2) is 6.23 Å². The van der Waals surface area contributed by atoms with E-state index < -0.39 is 17.9 Å². The van der Waals surface area contributed by atoms with Gasteiger partial charge in [-0.1, -0.05) is 6.92 Å². The lowest BCUT2D eigenvalue weighted by Crippen LogP contribution is -2.27. The number of hydrogen-bond acceptors (Lipinski definition) is 6. The number of esters is 1. The molecule has 0 aromatic carbocycles. The molecule has 0 bridgehead atoms. The molecular formula is C15H19N3O4. The van der Waals surface area contributed by atoms with Crippen LogP contribution in [0.15, 0.2) is 40.9 Å². The maximum absolute atomic E-state index is 11.9. The third-order valence-electron chi connectivity index (χ3n) is 3.21. The van der Waals surface area contributed by atoms with Gasteiger partial charge in [0.05, 0.1) is 12.7 Å². The number of carbonyl (C=O) groups excluding carboxylic acids is 1. The van der Waals surface area contributed by atoms with E-state index in [9.17, 15) is 9.59 Å². The number of nitrogens with two attached hydrogens (primary N) is 1. The van der Waals surface area contributed by atoms with E-state index in [4.69, 9.17) is 15.2 Å². The number of nitrogens with zero attached hydrogens (tertiary/aromatic N) is 2. The fourth-order valence-corrected chi connectivity index (χ4v) is 2.17. The molecule has 2 heterocycles. The lowest BCUT2D eigenvalue weighted by molar-refractivity contribution is -0.137. The summed E-state index contributed by atoms with van der Waals surface area (Å²) in [6.07, 6.45) is 6.29. The predicted octanol–water partition coefficient (Wildman–Crippen LogP) is 1.18. The molecule has 0 saturated carbocycles. The van der Waals surface area contributed by atoms with E-state index in [0.717, 1.165) is 5.57 Å². The molecule has 0 aliphatic carbocycles. The fourth-order valence-electron chi connectivity index (χ4n) is 2.17.